The summed E-state index contributed by atoms with van der Waals surface area (Å²) in [4.78, 5) is 0. The van der Waals surface area contributed by atoms with Gasteiger partial charge in [-0.05, 0) is 29.3 Å². The van der Waals surface area contributed by atoms with Crippen molar-refractivity contribution in [1.82, 2.24) is 0 Å². The van der Waals surface area contributed by atoms with Crippen molar-refractivity contribution in [2.45, 2.75) is 13.3 Å². The molecule has 0 aromatic carbocycles. The molecule has 0 aliphatic heterocycles. The number of hydrogen-bond acceptors (Lipinski definition) is 1. The summed E-state index contributed by atoms with van der Waals surface area (Å²) in [6.07, 6.45) is 2.80. The summed E-state index contributed by atoms with van der Waals surface area (Å²) < 4.78 is 6.28. The van der Waals surface area contributed by atoms with Gasteiger partial charge >= 0.3 is 0 Å². The van der Waals surface area contributed by atoms with Crippen LogP contribution in [0.1, 0.15) is 11.3 Å². The van der Waals surface area contributed by atoms with Crippen LogP contribution in [0.15, 0.2) is 15.2 Å². The van der Waals surface area contributed by atoms with E-state index in [1.807, 2.05) is 6.92 Å². The summed E-state index contributed by atoms with van der Waals surface area (Å²) in [7, 11) is 0. The maximum atomic E-state index is 5.18. The lowest BCUT2D eigenvalue weighted by Gasteiger charge is -1.90. The third kappa shape index (κ3) is 1.64. The van der Waals surface area contributed by atoms with Crippen LogP contribution in [-0.2, 0) is 6.42 Å². The fourth-order valence-corrected chi connectivity index (χ4v) is 1.57. The molecule has 0 radical (unpaired) electrons. The third-order valence-electron chi connectivity index (χ3n) is 1.33. The molecule has 1 nitrogen and oxygen atoms in total. The number of alkyl halides is 1. The van der Waals surface area contributed by atoms with Crippen molar-refractivity contribution in [2.24, 2.45) is 0 Å². The van der Waals surface area contributed by atoms with Gasteiger partial charge in [-0.3, -0.25) is 0 Å². The van der Waals surface area contributed by atoms with Crippen molar-refractivity contribution in [2.75, 3.05) is 5.33 Å². The van der Waals surface area contributed by atoms with E-state index in [0.717, 1.165) is 22.0 Å². The summed E-state index contributed by atoms with van der Waals surface area (Å²) >= 11 is 6.80. The Morgan fingerprint density at radius 2 is 2.30 bits per heavy atom. The number of aryl methyl sites for hydroxylation is 2. The molecule has 0 aliphatic carbocycles. The minimum absolute atomic E-state index is 0.955. The van der Waals surface area contributed by atoms with Crippen LogP contribution in [0.5, 0.6) is 0 Å². The first-order chi connectivity index (χ1) is 4.75. The van der Waals surface area contributed by atoms with Gasteiger partial charge < -0.3 is 4.42 Å². The Kier molecular flexibility index (Phi) is 2.98. The van der Waals surface area contributed by atoms with Gasteiger partial charge in [0.25, 0.3) is 0 Å². The minimum atomic E-state index is 0.955. The van der Waals surface area contributed by atoms with Gasteiger partial charge in [0, 0.05) is 10.9 Å². The van der Waals surface area contributed by atoms with Crippen LogP contribution >= 0.6 is 31.9 Å². The molecule has 0 amide bonds. The molecule has 0 bridgehead atoms. The maximum absolute atomic E-state index is 5.18. The van der Waals surface area contributed by atoms with Crippen LogP contribution in [0, 0.1) is 6.92 Å². The Morgan fingerprint density at radius 3 is 2.70 bits per heavy atom. The van der Waals surface area contributed by atoms with Crippen LogP contribution in [-0.4, -0.2) is 5.33 Å². The topological polar surface area (TPSA) is 13.1 Å². The molecule has 3 heteroatoms. The van der Waals surface area contributed by atoms with Crippen molar-refractivity contribution >= 4 is 31.9 Å². The first-order valence-electron chi connectivity index (χ1n) is 3.04. The first kappa shape index (κ1) is 8.34. The van der Waals surface area contributed by atoms with E-state index in [1.54, 1.807) is 6.26 Å². The summed E-state index contributed by atoms with van der Waals surface area (Å²) in [5, 5.41) is 0.977. The largest absolute Gasteiger partial charge is 0.468 e. The van der Waals surface area contributed by atoms with E-state index in [1.165, 1.54) is 5.56 Å². The zero-order chi connectivity index (χ0) is 7.56. The van der Waals surface area contributed by atoms with Crippen LogP contribution in [0.3, 0.4) is 0 Å². The van der Waals surface area contributed by atoms with Crippen molar-refractivity contribution in [1.29, 1.82) is 0 Å². The molecule has 1 heterocycles. The molecule has 10 heavy (non-hydrogen) atoms. The lowest BCUT2D eigenvalue weighted by atomic mass is 10.2. The molecular weight excluding hydrogens is 260 g/mol. The van der Waals surface area contributed by atoms with Gasteiger partial charge in [-0.15, -0.1) is 0 Å². The monoisotopic (exact) mass is 266 g/mol. The van der Waals surface area contributed by atoms with E-state index in [4.69, 9.17) is 4.42 Å². The Balaban J connectivity index is 2.83. The van der Waals surface area contributed by atoms with Crippen LogP contribution in [0.25, 0.3) is 0 Å². The molecule has 0 atom stereocenters. The normalized spacial score (nSPS) is 10.3. The molecule has 0 N–H and O–H groups in total. The van der Waals surface area contributed by atoms with Crippen molar-refractivity contribution in [3.63, 3.8) is 0 Å². The quantitative estimate of drug-likeness (QED) is 0.750. The predicted molar refractivity (Wildman–Crippen MR) is 48.6 cm³/mol. The van der Waals surface area contributed by atoms with Gasteiger partial charge in [0.2, 0.25) is 0 Å². The highest BCUT2D eigenvalue weighted by atomic mass is 79.9. The average molecular weight is 268 g/mol. The average Bonchev–Trinajstić information content (AvgIpc) is 2.20. The SMILES string of the molecule is Cc1occ(CCBr)c1Br. The van der Waals surface area contributed by atoms with Crippen molar-refractivity contribution in [3.8, 4) is 0 Å². The lowest BCUT2D eigenvalue weighted by molar-refractivity contribution is 0.530. The van der Waals surface area contributed by atoms with Gasteiger partial charge in [0.1, 0.15) is 5.76 Å². The number of halogens is 2. The first-order valence-corrected chi connectivity index (χ1v) is 4.95. The van der Waals surface area contributed by atoms with E-state index in [2.05, 4.69) is 31.9 Å². The molecule has 0 aliphatic rings. The highest BCUT2D eigenvalue weighted by Gasteiger charge is 2.04. The van der Waals surface area contributed by atoms with Gasteiger partial charge in [-0.25, -0.2) is 0 Å². The second kappa shape index (κ2) is 3.58. The third-order valence-corrected chi connectivity index (χ3v) is 2.80. The molecule has 56 valence electrons. The molecule has 0 saturated carbocycles. The highest BCUT2D eigenvalue weighted by Crippen LogP contribution is 2.23. The standard InChI is InChI=1S/C7H8Br2O/c1-5-7(9)6(2-3-8)4-10-5/h4H,2-3H2,1H3. The van der Waals surface area contributed by atoms with Crippen LogP contribution in [0.4, 0.5) is 0 Å². The zero-order valence-corrected chi connectivity index (χ0v) is 8.83. The molecule has 0 saturated heterocycles. The lowest BCUT2D eigenvalue weighted by Crippen LogP contribution is -1.82. The zero-order valence-electron chi connectivity index (χ0n) is 5.66. The number of furan rings is 1. The Bertz CT molecular complexity index is 217. The van der Waals surface area contributed by atoms with Crippen molar-refractivity contribution < 1.29 is 4.42 Å². The maximum Gasteiger partial charge on any atom is 0.115 e. The molecular formula is C7H8Br2O. The van der Waals surface area contributed by atoms with Crippen LogP contribution < -0.4 is 0 Å². The summed E-state index contributed by atoms with van der Waals surface area (Å²) in [5.74, 6) is 0.955. The van der Waals surface area contributed by atoms with Crippen molar-refractivity contribution in [3.05, 3.63) is 22.1 Å². The molecule has 0 unspecified atom stereocenters. The Hall–Kier alpha value is 0.240. The van der Waals surface area contributed by atoms with E-state index < -0.39 is 0 Å². The Morgan fingerprint density at radius 1 is 1.60 bits per heavy atom. The molecule has 1 aromatic heterocycles. The van der Waals surface area contributed by atoms with E-state index in [9.17, 15) is 0 Å². The van der Waals surface area contributed by atoms with Gasteiger partial charge in [-0.1, -0.05) is 15.9 Å². The number of rotatable bonds is 2. The van der Waals surface area contributed by atoms with E-state index >= 15 is 0 Å². The van der Waals surface area contributed by atoms with Crippen LogP contribution in [0.2, 0.25) is 0 Å². The summed E-state index contributed by atoms with van der Waals surface area (Å²) in [6, 6.07) is 0. The minimum Gasteiger partial charge on any atom is -0.468 e. The summed E-state index contributed by atoms with van der Waals surface area (Å²) in [6.45, 7) is 1.95. The van der Waals surface area contributed by atoms with Gasteiger partial charge in [0.05, 0.1) is 10.7 Å². The fourth-order valence-electron chi connectivity index (χ4n) is 0.760. The highest BCUT2D eigenvalue weighted by molar-refractivity contribution is 9.10. The van der Waals surface area contributed by atoms with Gasteiger partial charge in [0.15, 0.2) is 0 Å². The predicted octanol–water partition coefficient (Wildman–Crippen LogP) is 3.29. The smallest absolute Gasteiger partial charge is 0.115 e. The number of hydrogen-bond donors (Lipinski definition) is 0. The molecule has 1 rings (SSSR count). The fraction of sp³-hybridized carbons (Fsp3) is 0.429. The molecule has 0 fully saturated rings. The van der Waals surface area contributed by atoms with E-state index in [0.29, 0.717) is 0 Å². The second-order valence-corrected chi connectivity index (χ2v) is 3.66. The molecule has 0 spiro atoms. The Labute approximate surface area is 77.1 Å². The van der Waals surface area contributed by atoms with E-state index in [-0.39, 0.29) is 0 Å². The second-order valence-electron chi connectivity index (χ2n) is 2.07. The molecule has 1 aromatic rings. The van der Waals surface area contributed by atoms with Gasteiger partial charge in [-0.2, -0.15) is 0 Å². The summed E-state index contributed by atoms with van der Waals surface area (Å²) in [5.41, 5.74) is 1.23.